The molecule has 0 aliphatic heterocycles. The average Bonchev–Trinajstić information content (AvgIpc) is 2.90. The number of methoxy groups -OCH3 is 2. The van der Waals surface area contributed by atoms with Crippen LogP contribution in [-0.2, 0) is 4.74 Å². The molecule has 2 aromatic rings. The first-order valence-electron chi connectivity index (χ1n) is 5.17. The number of nitrogens with zero attached hydrogens (tertiary/aromatic N) is 1. The van der Waals surface area contributed by atoms with E-state index in [1.165, 1.54) is 18.4 Å². The Kier molecular flexibility index (Phi) is 3.78. The first-order chi connectivity index (χ1) is 8.74. The number of rotatable bonds is 4. The topological polar surface area (TPSA) is 60.5 Å². The number of thiazole rings is 1. The summed E-state index contributed by atoms with van der Waals surface area (Å²) in [6.45, 7) is 0. The molecule has 0 radical (unpaired) electrons. The van der Waals surface area contributed by atoms with Crippen molar-refractivity contribution < 1.29 is 14.3 Å². The van der Waals surface area contributed by atoms with Gasteiger partial charge in [-0.15, -0.1) is 11.3 Å². The van der Waals surface area contributed by atoms with Gasteiger partial charge in [0.25, 0.3) is 0 Å². The van der Waals surface area contributed by atoms with Gasteiger partial charge in [0.2, 0.25) is 0 Å². The third-order valence-corrected chi connectivity index (χ3v) is 2.99. The van der Waals surface area contributed by atoms with E-state index < -0.39 is 5.97 Å². The fourth-order valence-corrected chi connectivity index (χ4v) is 1.98. The second kappa shape index (κ2) is 5.50. The van der Waals surface area contributed by atoms with Crippen LogP contribution in [0.2, 0.25) is 0 Å². The number of nitrogens with one attached hydrogen (secondary N) is 1. The van der Waals surface area contributed by atoms with Gasteiger partial charge in [0, 0.05) is 17.6 Å². The maximum Gasteiger partial charge on any atom is 0.339 e. The average molecular weight is 264 g/mol. The van der Waals surface area contributed by atoms with E-state index in [9.17, 15) is 4.79 Å². The summed E-state index contributed by atoms with van der Waals surface area (Å²) >= 11 is 1.44. The molecular weight excluding hydrogens is 252 g/mol. The van der Waals surface area contributed by atoms with Crippen molar-refractivity contribution >= 4 is 28.1 Å². The van der Waals surface area contributed by atoms with Crippen LogP contribution in [-0.4, -0.2) is 25.2 Å². The Balaban J connectivity index is 2.37. The summed E-state index contributed by atoms with van der Waals surface area (Å²) in [7, 11) is 2.92. The molecule has 5 nitrogen and oxygen atoms in total. The second-order valence-corrected chi connectivity index (χ2v) is 4.26. The van der Waals surface area contributed by atoms with Crippen molar-refractivity contribution in [1.29, 1.82) is 0 Å². The highest BCUT2D eigenvalue weighted by atomic mass is 32.1. The van der Waals surface area contributed by atoms with Crippen molar-refractivity contribution in [3.63, 3.8) is 0 Å². The summed E-state index contributed by atoms with van der Waals surface area (Å²) in [6.07, 6.45) is 1.69. The molecular formula is C12H12N2O3S. The quantitative estimate of drug-likeness (QED) is 0.860. The van der Waals surface area contributed by atoms with Gasteiger partial charge in [0.1, 0.15) is 5.75 Å². The van der Waals surface area contributed by atoms with Crippen LogP contribution in [0.1, 0.15) is 10.4 Å². The van der Waals surface area contributed by atoms with Crippen LogP contribution in [0.3, 0.4) is 0 Å². The molecule has 18 heavy (non-hydrogen) atoms. The third kappa shape index (κ3) is 2.60. The molecule has 0 aliphatic carbocycles. The lowest BCUT2D eigenvalue weighted by molar-refractivity contribution is 0.0602. The van der Waals surface area contributed by atoms with E-state index in [2.05, 4.69) is 10.3 Å². The number of aromatic nitrogens is 1. The van der Waals surface area contributed by atoms with E-state index in [1.54, 1.807) is 31.5 Å². The van der Waals surface area contributed by atoms with Gasteiger partial charge in [0.05, 0.1) is 25.5 Å². The Bertz CT molecular complexity index is 540. The minimum Gasteiger partial charge on any atom is -0.497 e. The Morgan fingerprint density at radius 2 is 2.22 bits per heavy atom. The van der Waals surface area contributed by atoms with Crippen molar-refractivity contribution in [2.75, 3.05) is 19.5 Å². The van der Waals surface area contributed by atoms with Gasteiger partial charge in [-0.2, -0.15) is 0 Å². The zero-order chi connectivity index (χ0) is 13.0. The fraction of sp³-hybridized carbons (Fsp3) is 0.167. The summed E-state index contributed by atoms with van der Waals surface area (Å²) < 4.78 is 9.87. The molecule has 1 aromatic carbocycles. The van der Waals surface area contributed by atoms with E-state index >= 15 is 0 Å². The van der Waals surface area contributed by atoms with Crippen molar-refractivity contribution in [1.82, 2.24) is 4.98 Å². The number of carbonyl (C=O) groups excluding carboxylic acids is 1. The molecule has 6 heteroatoms. The van der Waals surface area contributed by atoms with Crippen LogP contribution < -0.4 is 10.1 Å². The molecule has 1 N–H and O–H groups in total. The van der Waals surface area contributed by atoms with Crippen LogP contribution in [0.25, 0.3) is 0 Å². The smallest absolute Gasteiger partial charge is 0.339 e. The SMILES string of the molecule is COC(=O)c1ccc(OC)cc1Nc1nccs1. The first kappa shape index (κ1) is 12.4. The van der Waals surface area contributed by atoms with Gasteiger partial charge >= 0.3 is 5.97 Å². The van der Waals surface area contributed by atoms with Gasteiger partial charge in [-0.05, 0) is 12.1 Å². The number of anilines is 2. The van der Waals surface area contributed by atoms with Gasteiger partial charge in [-0.1, -0.05) is 0 Å². The maximum atomic E-state index is 11.6. The maximum absolute atomic E-state index is 11.6. The summed E-state index contributed by atoms with van der Waals surface area (Å²) in [6, 6.07) is 5.09. The number of ether oxygens (including phenoxy) is 2. The molecule has 0 amide bonds. The second-order valence-electron chi connectivity index (χ2n) is 3.37. The lowest BCUT2D eigenvalue weighted by atomic mass is 10.1. The van der Waals surface area contributed by atoms with Crippen LogP contribution >= 0.6 is 11.3 Å². The van der Waals surface area contributed by atoms with Gasteiger partial charge < -0.3 is 14.8 Å². The molecule has 0 bridgehead atoms. The highest BCUT2D eigenvalue weighted by Gasteiger charge is 2.13. The van der Waals surface area contributed by atoms with E-state index in [-0.39, 0.29) is 0 Å². The van der Waals surface area contributed by atoms with Gasteiger partial charge in [0.15, 0.2) is 5.13 Å². The molecule has 0 aliphatic rings. The largest absolute Gasteiger partial charge is 0.497 e. The molecule has 1 aromatic heterocycles. The molecule has 2 rings (SSSR count). The molecule has 0 unspecified atom stereocenters. The van der Waals surface area contributed by atoms with E-state index in [4.69, 9.17) is 9.47 Å². The van der Waals surface area contributed by atoms with E-state index in [0.29, 0.717) is 22.1 Å². The summed E-state index contributed by atoms with van der Waals surface area (Å²) in [5.74, 6) is 0.249. The number of benzene rings is 1. The minimum atomic E-state index is -0.406. The minimum absolute atomic E-state index is 0.406. The molecule has 1 heterocycles. The van der Waals surface area contributed by atoms with Crippen molar-refractivity contribution in [2.45, 2.75) is 0 Å². The number of hydrogen-bond donors (Lipinski definition) is 1. The molecule has 0 saturated heterocycles. The Morgan fingerprint density at radius 1 is 1.39 bits per heavy atom. The molecule has 94 valence electrons. The van der Waals surface area contributed by atoms with E-state index in [0.717, 1.165) is 0 Å². The zero-order valence-electron chi connectivity index (χ0n) is 9.97. The summed E-state index contributed by atoms with van der Waals surface area (Å²) in [5.41, 5.74) is 1.05. The van der Waals surface area contributed by atoms with Crippen LogP contribution in [0.4, 0.5) is 10.8 Å². The highest BCUT2D eigenvalue weighted by Crippen LogP contribution is 2.27. The lowest BCUT2D eigenvalue weighted by Gasteiger charge is -2.10. The zero-order valence-corrected chi connectivity index (χ0v) is 10.8. The van der Waals surface area contributed by atoms with Crippen LogP contribution in [0.5, 0.6) is 5.75 Å². The Morgan fingerprint density at radius 3 is 2.83 bits per heavy atom. The van der Waals surface area contributed by atoms with Crippen molar-refractivity contribution in [3.8, 4) is 5.75 Å². The number of esters is 1. The number of hydrogen-bond acceptors (Lipinski definition) is 6. The molecule has 0 saturated carbocycles. The molecule has 0 spiro atoms. The monoisotopic (exact) mass is 264 g/mol. The van der Waals surface area contributed by atoms with Gasteiger partial charge in [-0.3, -0.25) is 0 Å². The molecule has 0 fully saturated rings. The molecule has 0 atom stereocenters. The summed E-state index contributed by atoms with van der Waals surface area (Å²) in [5, 5.41) is 5.62. The Labute approximate surface area is 108 Å². The van der Waals surface area contributed by atoms with Crippen molar-refractivity contribution in [3.05, 3.63) is 35.3 Å². The summed E-state index contributed by atoms with van der Waals surface area (Å²) in [4.78, 5) is 15.8. The lowest BCUT2D eigenvalue weighted by Crippen LogP contribution is -2.05. The van der Waals surface area contributed by atoms with Crippen molar-refractivity contribution in [2.24, 2.45) is 0 Å². The van der Waals surface area contributed by atoms with E-state index in [1.807, 2.05) is 5.38 Å². The fourth-order valence-electron chi connectivity index (χ4n) is 1.44. The van der Waals surface area contributed by atoms with Gasteiger partial charge in [-0.25, -0.2) is 9.78 Å². The highest BCUT2D eigenvalue weighted by molar-refractivity contribution is 7.13. The predicted octanol–water partition coefficient (Wildman–Crippen LogP) is 2.68. The standard InChI is InChI=1S/C12H12N2O3S/c1-16-8-3-4-9(11(15)17-2)10(7-8)14-12-13-5-6-18-12/h3-7H,1-2H3,(H,13,14). The van der Waals surface area contributed by atoms with Crippen LogP contribution in [0, 0.1) is 0 Å². The number of carbonyl (C=O) groups is 1. The van der Waals surface area contributed by atoms with Crippen LogP contribution in [0.15, 0.2) is 29.8 Å². The predicted molar refractivity (Wildman–Crippen MR) is 69.7 cm³/mol. The normalized spacial score (nSPS) is 9.89. The first-order valence-corrected chi connectivity index (χ1v) is 6.05. The third-order valence-electron chi connectivity index (χ3n) is 2.31. The Hall–Kier alpha value is -2.08.